The number of thiazole rings is 1. The van der Waals surface area contributed by atoms with Gasteiger partial charge in [-0.1, -0.05) is 49.2 Å². The van der Waals surface area contributed by atoms with Gasteiger partial charge in [-0.15, -0.1) is 0 Å². The first-order valence-corrected chi connectivity index (χ1v) is 15.7. The Balaban J connectivity index is 1.32. The van der Waals surface area contributed by atoms with E-state index in [-0.39, 0.29) is 17.3 Å². The highest BCUT2D eigenvalue weighted by Crippen LogP contribution is 2.36. The van der Waals surface area contributed by atoms with Crippen LogP contribution in [0.4, 0.5) is 9.93 Å². The standard InChI is InChI=1S/C27H33N5O6S2/c1-38-23-13-12-22-25(29-23)39-26(28-22)30-24(33)21(15-17-5-2-3-6-17)18-8-10-20(11-9-18)40(36,37)31-19-7-4-14-32(16-19)27(34)35/h8-13,17,19,21,31H,2-7,14-16H2,1H3,(H,34,35)(H,28,30,33)/t19-,21?/m1/s1. The van der Waals surface area contributed by atoms with Crippen molar-refractivity contribution in [2.24, 2.45) is 5.92 Å². The lowest BCUT2D eigenvalue weighted by Gasteiger charge is -2.31. The number of fused-ring (bicyclic) bond motifs is 1. The molecule has 1 aliphatic heterocycles. The van der Waals surface area contributed by atoms with Crippen LogP contribution >= 0.6 is 11.3 Å². The molecule has 1 aromatic carbocycles. The zero-order chi connectivity index (χ0) is 28.3. The Hall–Kier alpha value is -3.29. The third-order valence-electron chi connectivity index (χ3n) is 7.64. The monoisotopic (exact) mass is 587 g/mol. The fourth-order valence-corrected chi connectivity index (χ4v) is 7.64. The normalized spacial score (nSPS) is 19.0. The first-order valence-electron chi connectivity index (χ1n) is 13.4. The highest BCUT2D eigenvalue weighted by atomic mass is 32.2. The van der Waals surface area contributed by atoms with Crippen molar-refractivity contribution in [3.05, 3.63) is 42.0 Å². The van der Waals surface area contributed by atoms with Crippen LogP contribution in [0.5, 0.6) is 5.88 Å². The van der Waals surface area contributed by atoms with Crippen molar-refractivity contribution < 1.29 is 27.9 Å². The zero-order valence-corrected chi connectivity index (χ0v) is 23.8. The molecule has 1 saturated carbocycles. The number of piperidine rings is 1. The van der Waals surface area contributed by atoms with Gasteiger partial charge in [0.05, 0.1) is 17.9 Å². The van der Waals surface area contributed by atoms with Crippen molar-refractivity contribution in [3.63, 3.8) is 0 Å². The van der Waals surface area contributed by atoms with Crippen molar-refractivity contribution in [2.75, 3.05) is 25.5 Å². The summed E-state index contributed by atoms with van der Waals surface area (Å²) in [6, 6.07) is 9.45. The summed E-state index contributed by atoms with van der Waals surface area (Å²) in [6.07, 6.45) is 5.20. The van der Waals surface area contributed by atoms with Gasteiger partial charge in [-0.05, 0) is 48.9 Å². The Kier molecular flexibility index (Phi) is 8.52. The molecule has 0 spiro atoms. The van der Waals surface area contributed by atoms with E-state index >= 15 is 0 Å². The van der Waals surface area contributed by atoms with E-state index in [0.717, 1.165) is 31.2 Å². The van der Waals surface area contributed by atoms with Crippen LogP contribution in [0, 0.1) is 5.92 Å². The molecule has 2 amide bonds. The Morgan fingerprint density at radius 1 is 1.10 bits per heavy atom. The molecule has 214 valence electrons. The smallest absolute Gasteiger partial charge is 0.407 e. The van der Waals surface area contributed by atoms with Gasteiger partial charge in [0.2, 0.25) is 21.8 Å². The fraction of sp³-hybridized carbons (Fsp3) is 0.481. The molecule has 2 aromatic heterocycles. The Labute approximate surface area is 237 Å². The van der Waals surface area contributed by atoms with Gasteiger partial charge in [-0.2, -0.15) is 0 Å². The van der Waals surface area contributed by atoms with Crippen LogP contribution in [0.15, 0.2) is 41.3 Å². The van der Waals surface area contributed by atoms with Gasteiger partial charge in [0.25, 0.3) is 0 Å². The third-order valence-corrected chi connectivity index (χ3v) is 10.1. The topological polar surface area (TPSA) is 151 Å². The lowest BCUT2D eigenvalue weighted by molar-refractivity contribution is -0.118. The second-order valence-corrected chi connectivity index (χ2v) is 13.1. The molecule has 1 saturated heterocycles. The molecule has 13 heteroatoms. The van der Waals surface area contributed by atoms with Gasteiger partial charge < -0.3 is 20.1 Å². The number of hydrogen-bond donors (Lipinski definition) is 3. The van der Waals surface area contributed by atoms with E-state index < -0.39 is 28.1 Å². The molecule has 0 bridgehead atoms. The Bertz CT molecular complexity index is 1470. The van der Waals surface area contributed by atoms with Gasteiger partial charge in [0.15, 0.2) is 5.13 Å². The fourth-order valence-electron chi connectivity index (χ4n) is 5.55. The molecule has 2 aliphatic rings. The lowest BCUT2D eigenvalue weighted by Crippen LogP contribution is -2.49. The zero-order valence-electron chi connectivity index (χ0n) is 22.2. The molecule has 3 N–H and O–H groups in total. The predicted octanol–water partition coefficient (Wildman–Crippen LogP) is 4.42. The summed E-state index contributed by atoms with van der Waals surface area (Å²) in [4.78, 5) is 35.7. The first kappa shape index (κ1) is 28.2. The van der Waals surface area contributed by atoms with Crippen LogP contribution in [0.1, 0.15) is 56.4 Å². The molecule has 3 heterocycles. The average Bonchev–Trinajstić information content (AvgIpc) is 3.60. The number of nitrogens with zero attached hydrogens (tertiary/aromatic N) is 3. The second kappa shape index (κ2) is 12.1. The minimum atomic E-state index is -3.86. The number of methoxy groups -OCH3 is 1. The summed E-state index contributed by atoms with van der Waals surface area (Å²) >= 11 is 1.27. The molecule has 1 aliphatic carbocycles. The number of sulfonamides is 1. The molecule has 3 aromatic rings. The first-order chi connectivity index (χ1) is 19.2. The van der Waals surface area contributed by atoms with Crippen LogP contribution in [0.2, 0.25) is 0 Å². The minimum Gasteiger partial charge on any atom is -0.481 e. The highest BCUT2D eigenvalue weighted by molar-refractivity contribution is 7.89. The van der Waals surface area contributed by atoms with Gasteiger partial charge in [-0.3, -0.25) is 4.79 Å². The number of aromatic nitrogens is 2. The van der Waals surface area contributed by atoms with Crippen LogP contribution in [0.25, 0.3) is 10.3 Å². The predicted molar refractivity (Wildman–Crippen MR) is 151 cm³/mol. The van der Waals surface area contributed by atoms with Crippen molar-refractivity contribution in [2.45, 2.75) is 61.8 Å². The maximum Gasteiger partial charge on any atom is 0.407 e. The van der Waals surface area contributed by atoms with E-state index in [4.69, 9.17) is 4.74 Å². The number of hydrogen-bond acceptors (Lipinski definition) is 8. The third kappa shape index (κ3) is 6.53. The molecule has 5 rings (SSSR count). The molecule has 1 unspecified atom stereocenters. The average molecular weight is 588 g/mol. The number of nitrogens with one attached hydrogen (secondary N) is 2. The van der Waals surface area contributed by atoms with Crippen LogP contribution in [0.3, 0.4) is 0 Å². The van der Waals surface area contributed by atoms with E-state index in [0.29, 0.717) is 53.1 Å². The highest BCUT2D eigenvalue weighted by Gasteiger charge is 2.30. The second-order valence-electron chi connectivity index (χ2n) is 10.4. The van der Waals surface area contributed by atoms with Gasteiger partial charge in [-0.25, -0.2) is 27.9 Å². The van der Waals surface area contributed by atoms with Crippen LogP contribution in [-0.4, -0.2) is 66.6 Å². The molecule has 2 atom stereocenters. The van der Waals surface area contributed by atoms with Crippen LogP contribution < -0.4 is 14.8 Å². The van der Waals surface area contributed by atoms with Crippen molar-refractivity contribution in [3.8, 4) is 5.88 Å². The van der Waals surface area contributed by atoms with Gasteiger partial charge in [0.1, 0.15) is 10.3 Å². The van der Waals surface area contributed by atoms with E-state index in [9.17, 15) is 23.1 Å². The number of anilines is 1. The summed E-state index contributed by atoms with van der Waals surface area (Å²) in [5, 5.41) is 12.7. The Morgan fingerprint density at radius 2 is 1.85 bits per heavy atom. The quantitative estimate of drug-likeness (QED) is 0.333. The number of ether oxygens (including phenoxy) is 1. The number of rotatable bonds is 9. The lowest BCUT2D eigenvalue weighted by atomic mass is 9.87. The molecule has 11 nitrogen and oxygen atoms in total. The molecule has 0 radical (unpaired) electrons. The summed E-state index contributed by atoms with van der Waals surface area (Å²) in [5.74, 6) is 0.235. The minimum absolute atomic E-state index is 0.0786. The van der Waals surface area contributed by atoms with Crippen molar-refractivity contribution in [1.82, 2.24) is 19.6 Å². The summed E-state index contributed by atoms with van der Waals surface area (Å²) in [7, 11) is -2.32. The summed E-state index contributed by atoms with van der Waals surface area (Å²) in [6.45, 7) is 0.513. The number of benzene rings is 1. The van der Waals surface area contributed by atoms with E-state index in [1.807, 2.05) is 0 Å². The molecular formula is C27H33N5O6S2. The molecule has 2 fully saturated rings. The number of pyridine rings is 1. The van der Waals surface area contributed by atoms with Crippen molar-refractivity contribution in [1.29, 1.82) is 0 Å². The number of carbonyl (C=O) groups is 2. The number of carbonyl (C=O) groups excluding carboxylic acids is 1. The summed E-state index contributed by atoms with van der Waals surface area (Å²) < 4.78 is 34.0. The van der Waals surface area contributed by atoms with E-state index in [1.54, 1.807) is 31.4 Å². The maximum absolute atomic E-state index is 13.6. The Morgan fingerprint density at radius 3 is 2.55 bits per heavy atom. The number of carboxylic acid groups (broad SMARTS) is 1. The maximum atomic E-state index is 13.6. The van der Waals surface area contributed by atoms with Gasteiger partial charge >= 0.3 is 6.09 Å². The largest absolute Gasteiger partial charge is 0.481 e. The molecule has 40 heavy (non-hydrogen) atoms. The van der Waals surface area contributed by atoms with Crippen LogP contribution in [-0.2, 0) is 14.8 Å². The van der Waals surface area contributed by atoms with E-state index in [2.05, 4.69) is 20.0 Å². The van der Waals surface area contributed by atoms with Gasteiger partial charge in [0, 0.05) is 25.2 Å². The summed E-state index contributed by atoms with van der Waals surface area (Å²) in [5.41, 5.74) is 1.40. The molecular weight excluding hydrogens is 554 g/mol. The number of likely N-dealkylation sites (tertiary alicyclic amines) is 1. The van der Waals surface area contributed by atoms with Crippen molar-refractivity contribution >= 4 is 48.8 Å². The van der Waals surface area contributed by atoms with E-state index in [1.165, 1.54) is 28.4 Å². The number of amides is 2. The SMILES string of the molecule is COc1ccc2nc(NC(=O)C(CC3CCCC3)c3ccc(S(=O)(=O)N[C@@H]4CCCN(C(=O)O)C4)cc3)sc2n1.